The van der Waals surface area contributed by atoms with E-state index in [0.29, 0.717) is 31.1 Å². The van der Waals surface area contributed by atoms with E-state index in [1.165, 1.54) is 12.0 Å². The van der Waals surface area contributed by atoms with Crippen molar-refractivity contribution >= 4 is 6.09 Å². The van der Waals surface area contributed by atoms with E-state index in [1.54, 1.807) is 0 Å². The Hall–Kier alpha value is -1.59. The average molecular weight is 387 g/mol. The quantitative estimate of drug-likeness (QED) is 0.854. The van der Waals surface area contributed by atoms with Gasteiger partial charge in [-0.25, -0.2) is 4.79 Å². The Morgan fingerprint density at radius 2 is 2.04 bits per heavy atom. The van der Waals surface area contributed by atoms with Crippen molar-refractivity contribution in [1.29, 1.82) is 0 Å². The van der Waals surface area contributed by atoms with Crippen LogP contribution >= 0.6 is 0 Å². The summed E-state index contributed by atoms with van der Waals surface area (Å²) in [6.45, 7) is 9.87. The molecule has 3 aliphatic rings. The Balaban J connectivity index is 1.50. The van der Waals surface area contributed by atoms with Crippen LogP contribution in [0.3, 0.4) is 0 Å². The highest BCUT2D eigenvalue weighted by Gasteiger charge is 2.55. The first-order valence-corrected chi connectivity index (χ1v) is 10.7. The summed E-state index contributed by atoms with van der Waals surface area (Å²) in [5.74, 6) is 1.33. The number of ether oxygens (including phenoxy) is 2. The van der Waals surface area contributed by atoms with Crippen LogP contribution < -0.4 is 5.32 Å². The van der Waals surface area contributed by atoms with Gasteiger partial charge in [-0.2, -0.15) is 0 Å². The molecule has 0 radical (unpaired) electrons. The minimum Gasteiger partial charge on any atom is -0.444 e. The van der Waals surface area contributed by atoms with Gasteiger partial charge in [0.2, 0.25) is 0 Å². The molecule has 28 heavy (non-hydrogen) atoms. The minimum atomic E-state index is -0.465. The molecule has 4 rings (SSSR count). The number of fused-ring (bicyclic) bond motifs is 1. The zero-order chi connectivity index (χ0) is 19.8. The summed E-state index contributed by atoms with van der Waals surface area (Å²) < 4.78 is 12.0. The fourth-order valence-corrected chi connectivity index (χ4v) is 5.45. The van der Waals surface area contributed by atoms with Crippen LogP contribution in [0.5, 0.6) is 0 Å². The van der Waals surface area contributed by atoms with Crippen molar-refractivity contribution in [1.82, 2.24) is 10.2 Å². The molecule has 4 atom stereocenters. The smallest absolute Gasteiger partial charge is 0.410 e. The first-order chi connectivity index (χ1) is 13.4. The number of nitrogens with one attached hydrogen (secondary N) is 1. The van der Waals surface area contributed by atoms with Gasteiger partial charge in [0.1, 0.15) is 5.60 Å². The lowest BCUT2D eigenvalue weighted by Crippen LogP contribution is -2.67. The van der Waals surface area contributed by atoms with E-state index < -0.39 is 5.60 Å². The maximum atomic E-state index is 13.0. The topological polar surface area (TPSA) is 50.8 Å². The number of piperidine rings is 2. The van der Waals surface area contributed by atoms with Crippen molar-refractivity contribution in [3.05, 3.63) is 35.9 Å². The van der Waals surface area contributed by atoms with Gasteiger partial charge in [0.25, 0.3) is 0 Å². The number of amides is 1. The lowest BCUT2D eigenvalue weighted by Gasteiger charge is -2.59. The van der Waals surface area contributed by atoms with Crippen LogP contribution in [-0.2, 0) is 16.1 Å². The second kappa shape index (κ2) is 7.68. The van der Waals surface area contributed by atoms with E-state index in [4.69, 9.17) is 9.47 Å². The van der Waals surface area contributed by atoms with Crippen molar-refractivity contribution in [3.63, 3.8) is 0 Å². The Labute approximate surface area is 168 Å². The third-order valence-electron chi connectivity index (χ3n) is 6.69. The lowest BCUT2D eigenvalue weighted by atomic mass is 9.58. The van der Waals surface area contributed by atoms with Crippen LogP contribution in [0.2, 0.25) is 0 Å². The average Bonchev–Trinajstić information content (AvgIpc) is 2.66. The van der Waals surface area contributed by atoms with Crippen molar-refractivity contribution in [2.24, 2.45) is 17.3 Å². The van der Waals surface area contributed by atoms with Gasteiger partial charge < -0.3 is 19.7 Å². The Kier molecular flexibility index (Phi) is 5.41. The highest BCUT2D eigenvalue weighted by Crippen LogP contribution is 2.50. The van der Waals surface area contributed by atoms with Crippen molar-refractivity contribution in [3.8, 4) is 0 Å². The number of hydrogen-bond acceptors (Lipinski definition) is 4. The van der Waals surface area contributed by atoms with Crippen LogP contribution in [-0.4, -0.2) is 48.9 Å². The minimum absolute atomic E-state index is 0.0223. The number of rotatable bonds is 4. The normalized spacial score (nSPS) is 32.1. The summed E-state index contributed by atoms with van der Waals surface area (Å²) in [7, 11) is 0. The van der Waals surface area contributed by atoms with Crippen LogP contribution in [0.15, 0.2) is 30.3 Å². The van der Waals surface area contributed by atoms with Crippen molar-refractivity contribution < 1.29 is 14.3 Å². The molecular weight excluding hydrogens is 352 g/mol. The molecule has 5 nitrogen and oxygen atoms in total. The summed E-state index contributed by atoms with van der Waals surface area (Å²) in [4.78, 5) is 15.0. The molecule has 154 valence electrons. The van der Waals surface area contributed by atoms with Crippen LogP contribution in [0, 0.1) is 17.3 Å². The SMILES string of the molecule is CC(C)(C)OC(=O)N1C[C@@]2(COCc3ccccc3)CNC[C@H]3CC[C@@H]1C[C@H]32. The maximum Gasteiger partial charge on any atom is 0.410 e. The zero-order valence-corrected chi connectivity index (χ0v) is 17.4. The second-order valence-corrected chi connectivity index (χ2v) is 9.91. The highest BCUT2D eigenvalue weighted by atomic mass is 16.6. The molecule has 1 aliphatic carbocycles. The van der Waals surface area contributed by atoms with E-state index in [2.05, 4.69) is 17.4 Å². The Morgan fingerprint density at radius 1 is 1.25 bits per heavy atom. The summed E-state index contributed by atoms with van der Waals surface area (Å²) in [6.07, 6.45) is 3.19. The molecule has 1 amide bonds. The molecule has 2 saturated heterocycles. The van der Waals surface area contributed by atoms with Gasteiger partial charge in [0, 0.05) is 24.5 Å². The van der Waals surface area contributed by atoms with Gasteiger partial charge in [-0.05, 0) is 64.0 Å². The third-order valence-corrected chi connectivity index (χ3v) is 6.69. The van der Waals surface area contributed by atoms with Gasteiger partial charge >= 0.3 is 6.09 Å². The molecule has 1 aromatic rings. The standard InChI is InChI=1S/C23H34N2O3/c1-22(2,3)28-21(26)25-15-23(16-27-13-17-7-5-4-6-8-17)14-24-12-18-9-10-19(25)11-20(18)23/h4-8,18-20,24H,9-16H2,1-3H3/t18-,19-,20-,23-/m1/s1. The lowest BCUT2D eigenvalue weighted by molar-refractivity contribution is -0.121. The molecule has 0 unspecified atom stereocenters. The van der Waals surface area contributed by atoms with Crippen LogP contribution in [0.1, 0.15) is 45.6 Å². The summed E-state index contributed by atoms with van der Waals surface area (Å²) >= 11 is 0. The molecule has 1 saturated carbocycles. The molecule has 2 aliphatic heterocycles. The predicted octanol–water partition coefficient (Wildman–Crippen LogP) is 3.83. The molecular formula is C23H34N2O3. The first-order valence-electron chi connectivity index (χ1n) is 10.7. The summed E-state index contributed by atoms with van der Waals surface area (Å²) in [5, 5.41) is 3.65. The molecule has 3 fully saturated rings. The monoisotopic (exact) mass is 386 g/mol. The van der Waals surface area contributed by atoms with E-state index >= 15 is 0 Å². The number of nitrogens with zero attached hydrogens (tertiary/aromatic N) is 1. The first kappa shape index (κ1) is 19.7. The number of carbonyl (C=O) groups excluding carboxylic acids is 1. The number of likely N-dealkylation sites (tertiary alicyclic amines) is 1. The van der Waals surface area contributed by atoms with Crippen molar-refractivity contribution in [2.45, 2.75) is 58.3 Å². The molecule has 1 aromatic carbocycles. The highest BCUT2D eigenvalue weighted by molar-refractivity contribution is 5.69. The van der Waals surface area contributed by atoms with Crippen molar-refractivity contribution in [2.75, 3.05) is 26.2 Å². The van der Waals surface area contributed by atoms with Gasteiger partial charge in [0.15, 0.2) is 0 Å². The van der Waals surface area contributed by atoms with Crippen LogP contribution in [0.4, 0.5) is 4.79 Å². The molecule has 0 spiro atoms. The fourth-order valence-electron chi connectivity index (χ4n) is 5.45. The summed E-state index contributed by atoms with van der Waals surface area (Å²) in [6, 6.07) is 10.6. The number of carbonyl (C=O) groups is 1. The van der Waals surface area contributed by atoms with Crippen LogP contribution in [0.25, 0.3) is 0 Å². The van der Waals surface area contributed by atoms with E-state index in [0.717, 1.165) is 32.5 Å². The molecule has 2 bridgehead atoms. The molecule has 5 heteroatoms. The molecule has 0 aromatic heterocycles. The number of hydrogen-bond donors (Lipinski definition) is 1. The third kappa shape index (κ3) is 4.06. The maximum absolute atomic E-state index is 13.0. The summed E-state index contributed by atoms with van der Waals surface area (Å²) in [5.41, 5.74) is 0.707. The van der Waals surface area contributed by atoms with E-state index in [-0.39, 0.29) is 11.5 Å². The predicted molar refractivity (Wildman–Crippen MR) is 109 cm³/mol. The van der Waals surface area contributed by atoms with Gasteiger partial charge in [-0.3, -0.25) is 0 Å². The van der Waals surface area contributed by atoms with Gasteiger partial charge in [-0.1, -0.05) is 30.3 Å². The van der Waals surface area contributed by atoms with Gasteiger partial charge in [0.05, 0.1) is 13.2 Å². The van der Waals surface area contributed by atoms with E-state index in [1.807, 2.05) is 43.9 Å². The fraction of sp³-hybridized carbons (Fsp3) is 0.696. The molecule has 2 heterocycles. The largest absolute Gasteiger partial charge is 0.444 e. The Morgan fingerprint density at radius 3 is 2.79 bits per heavy atom. The van der Waals surface area contributed by atoms with E-state index in [9.17, 15) is 4.79 Å². The zero-order valence-electron chi connectivity index (χ0n) is 17.4. The molecule has 1 N–H and O–H groups in total. The number of benzene rings is 1. The van der Waals surface area contributed by atoms with Gasteiger partial charge in [-0.15, -0.1) is 0 Å². The Bertz CT molecular complexity index is 687. The second-order valence-electron chi connectivity index (χ2n) is 9.91.